The van der Waals surface area contributed by atoms with Crippen LogP contribution in [0.4, 0.5) is 0 Å². The molecule has 0 bridgehead atoms. The molecule has 2 aliphatic heterocycles. The summed E-state index contributed by atoms with van der Waals surface area (Å²) in [6.07, 6.45) is 3.52. The quantitative estimate of drug-likeness (QED) is 0.796. The number of imidazole rings is 1. The van der Waals surface area contributed by atoms with Crippen molar-refractivity contribution in [1.29, 1.82) is 0 Å². The molecular formula is C18H19N5O3. The van der Waals surface area contributed by atoms with Crippen molar-refractivity contribution >= 4 is 17.7 Å². The van der Waals surface area contributed by atoms with Gasteiger partial charge in [-0.3, -0.25) is 19.3 Å². The number of carbonyl (C=O) groups excluding carboxylic acids is 3. The number of hydrogen-bond donors (Lipinski definition) is 1. The van der Waals surface area contributed by atoms with Crippen LogP contribution in [0.1, 0.15) is 32.6 Å². The molecule has 3 amide bonds. The van der Waals surface area contributed by atoms with Gasteiger partial charge in [-0.15, -0.1) is 0 Å². The molecule has 134 valence electrons. The number of rotatable bonds is 3. The maximum absolute atomic E-state index is 12.9. The third-order valence-electron chi connectivity index (χ3n) is 4.89. The second-order valence-corrected chi connectivity index (χ2v) is 6.45. The minimum Gasteiger partial charge on any atom is -0.336 e. The van der Waals surface area contributed by atoms with Gasteiger partial charge in [0.2, 0.25) is 5.91 Å². The summed E-state index contributed by atoms with van der Waals surface area (Å²) in [4.78, 5) is 45.0. The Hall–Kier alpha value is -3.00. The van der Waals surface area contributed by atoms with Crippen molar-refractivity contribution in [3.8, 4) is 0 Å². The van der Waals surface area contributed by atoms with Crippen LogP contribution in [0.2, 0.25) is 0 Å². The summed E-state index contributed by atoms with van der Waals surface area (Å²) in [5.41, 5.74) is 0.706. The van der Waals surface area contributed by atoms with E-state index in [1.165, 1.54) is 0 Å². The van der Waals surface area contributed by atoms with Gasteiger partial charge in [0.25, 0.3) is 11.8 Å². The standard InChI is InChI=1S/C18H19N5O3/c1-21-8-7-20-16(21)14-10-19-6-9-22(14)15(24)11-23-17(25)12-4-2-3-5-13(12)18(23)26/h2-5,7-8,14,19H,6,9-11H2,1H3. The van der Waals surface area contributed by atoms with Crippen LogP contribution in [0.3, 0.4) is 0 Å². The van der Waals surface area contributed by atoms with Crippen molar-refractivity contribution in [1.82, 2.24) is 24.7 Å². The highest BCUT2D eigenvalue weighted by Crippen LogP contribution is 2.24. The van der Waals surface area contributed by atoms with Gasteiger partial charge < -0.3 is 14.8 Å². The molecule has 26 heavy (non-hydrogen) atoms. The van der Waals surface area contributed by atoms with Gasteiger partial charge in [-0.1, -0.05) is 12.1 Å². The molecular weight excluding hydrogens is 334 g/mol. The van der Waals surface area contributed by atoms with Gasteiger partial charge in [-0.25, -0.2) is 4.98 Å². The number of benzene rings is 1. The fourth-order valence-electron chi connectivity index (χ4n) is 3.54. The number of piperazine rings is 1. The molecule has 1 atom stereocenters. The molecule has 1 N–H and O–H groups in total. The lowest BCUT2D eigenvalue weighted by molar-refractivity contribution is -0.135. The predicted octanol–water partition coefficient (Wildman–Crippen LogP) is 0.189. The first kappa shape index (κ1) is 16.5. The van der Waals surface area contributed by atoms with Crippen LogP contribution in [0, 0.1) is 0 Å². The largest absolute Gasteiger partial charge is 0.336 e. The summed E-state index contributed by atoms with van der Waals surface area (Å²) in [6, 6.07) is 6.42. The fraction of sp³-hybridized carbons (Fsp3) is 0.333. The smallest absolute Gasteiger partial charge is 0.262 e. The second-order valence-electron chi connectivity index (χ2n) is 6.45. The van der Waals surface area contributed by atoms with Crippen molar-refractivity contribution in [2.45, 2.75) is 6.04 Å². The molecule has 4 rings (SSSR count). The topological polar surface area (TPSA) is 87.5 Å². The van der Waals surface area contributed by atoms with Gasteiger partial charge >= 0.3 is 0 Å². The van der Waals surface area contributed by atoms with Crippen LogP contribution < -0.4 is 5.32 Å². The Kier molecular flexibility index (Phi) is 4.04. The molecule has 1 saturated heterocycles. The van der Waals surface area contributed by atoms with Gasteiger partial charge in [0.1, 0.15) is 18.4 Å². The lowest BCUT2D eigenvalue weighted by Crippen LogP contribution is -2.52. The Bertz CT molecular complexity index is 855. The maximum Gasteiger partial charge on any atom is 0.262 e. The number of nitrogens with one attached hydrogen (secondary N) is 1. The van der Waals surface area contributed by atoms with E-state index in [1.807, 2.05) is 17.8 Å². The molecule has 0 aliphatic carbocycles. The molecule has 1 unspecified atom stereocenters. The van der Waals surface area contributed by atoms with E-state index in [1.54, 1.807) is 35.4 Å². The van der Waals surface area contributed by atoms with Crippen LogP contribution in [-0.2, 0) is 11.8 Å². The highest BCUT2D eigenvalue weighted by Gasteiger charge is 2.39. The Morgan fingerprint density at radius 3 is 2.54 bits per heavy atom. The zero-order valence-electron chi connectivity index (χ0n) is 14.4. The highest BCUT2D eigenvalue weighted by atomic mass is 16.2. The summed E-state index contributed by atoms with van der Waals surface area (Å²) < 4.78 is 1.87. The first-order valence-corrected chi connectivity index (χ1v) is 8.50. The molecule has 1 aromatic heterocycles. The number of aryl methyl sites for hydroxylation is 1. The minimum absolute atomic E-state index is 0.230. The van der Waals surface area contributed by atoms with Gasteiger partial charge in [-0.2, -0.15) is 0 Å². The first-order chi connectivity index (χ1) is 12.6. The van der Waals surface area contributed by atoms with Crippen LogP contribution in [-0.4, -0.2) is 63.3 Å². The van der Waals surface area contributed by atoms with Crippen molar-refractivity contribution in [2.24, 2.45) is 7.05 Å². The van der Waals surface area contributed by atoms with Crippen LogP contribution in [0.15, 0.2) is 36.7 Å². The average Bonchev–Trinajstić information content (AvgIpc) is 3.19. The van der Waals surface area contributed by atoms with Crippen molar-refractivity contribution < 1.29 is 14.4 Å². The van der Waals surface area contributed by atoms with Crippen LogP contribution in [0.25, 0.3) is 0 Å². The summed E-state index contributed by atoms with van der Waals surface area (Å²) in [5, 5.41) is 3.27. The second kappa shape index (κ2) is 6.38. The SMILES string of the molecule is Cn1ccnc1C1CNCCN1C(=O)CN1C(=O)c2ccccc2C1=O. The molecule has 8 heteroatoms. The highest BCUT2D eigenvalue weighted by molar-refractivity contribution is 6.22. The number of hydrogen-bond acceptors (Lipinski definition) is 5. The van der Waals surface area contributed by atoms with E-state index >= 15 is 0 Å². The zero-order valence-corrected chi connectivity index (χ0v) is 14.4. The van der Waals surface area contributed by atoms with Crippen LogP contribution in [0.5, 0.6) is 0 Å². The Morgan fingerprint density at radius 2 is 1.92 bits per heavy atom. The van der Waals surface area contributed by atoms with E-state index in [-0.39, 0.29) is 18.5 Å². The summed E-state index contributed by atoms with van der Waals surface area (Å²) >= 11 is 0. The van der Waals surface area contributed by atoms with Gasteiger partial charge in [0.15, 0.2) is 0 Å². The van der Waals surface area contributed by atoms with Crippen molar-refractivity contribution in [3.05, 3.63) is 53.6 Å². The van der Waals surface area contributed by atoms with Crippen LogP contribution >= 0.6 is 0 Å². The number of carbonyl (C=O) groups is 3. The summed E-state index contributed by atoms with van der Waals surface area (Å²) in [7, 11) is 1.88. The van der Waals surface area contributed by atoms with Gasteiger partial charge in [0.05, 0.1) is 11.1 Å². The van der Waals surface area contributed by atoms with E-state index in [4.69, 9.17) is 0 Å². The summed E-state index contributed by atoms with van der Waals surface area (Å²) in [5.74, 6) is -0.313. The molecule has 3 heterocycles. The zero-order chi connectivity index (χ0) is 18.3. The average molecular weight is 353 g/mol. The number of imide groups is 1. The predicted molar refractivity (Wildman–Crippen MR) is 92.3 cm³/mol. The number of fused-ring (bicyclic) bond motifs is 1. The van der Waals surface area contributed by atoms with E-state index in [0.29, 0.717) is 30.8 Å². The number of aromatic nitrogens is 2. The number of nitrogens with zero attached hydrogens (tertiary/aromatic N) is 4. The molecule has 0 radical (unpaired) electrons. The first-order valence-electron chi connectivity index (χ1n) is 8.50. The maximum atomic E-state index is 12.9. The van der Waals surface area contributed by atoms with Crippen molar-refractivity contribution in [2.75, 3.05) is 26.2 Å². The van der Waals surface area contributed by atoms with E-state index in [9.17, 15) is 14.4 Å². The monoisotopic (exact) mass is 353 g/mol. The fourth-order valence-corrected chi connectivity index (χ4v) is 3.54. The van der Waals surface area contributed by atoms with Gasteiger partial charge in [-0.05, 0) is 12.1 Å². The molecule has 1 aromatic carbocycles. The third-order valence-corrected chi connectivity index (χ3v) is 4.89. The molecule has 2 aliphatic rings. The normalized spacial score (nSPS) is 19.8. The van der Waals surface area contributed by atoms with Crippen molar-refractivity contribution in [3.63, 3.8) is 0 Å². The minimum atomic E-state index is -0.414. The summed E-state index contributed by atoms with van der Waals surface area (Å²) in [6.45, 7) is 1.49. The lowest BCUT2D eigenvalue weighted by atomic mass is 10.1. The van der Waals surface area contributed by atoms with E-state index < -0.39 is 11.8 Å². The lowest BCUT2D eigenvalue weighted by Gasteiger charge is -2.36. The van der Waals surface area contributed by atoms with E-state index in [0.717, 1.165) is 10.7 Å². The van der Waals surface area contributed by atoms with E-state index in [2.05, 4.69) is 10.3 Å². The Balaban J connectivity index is 1.55. The van der Waals surface area contributed by atoms with Gasteiger partial charge in [0, 0.05) is 39.1 Å². The molecule has 2 aromatic rings. The molecule has 1 fully saturated rings. The molecule has 0 saturated carbocycles. The number of amides is 3. The molecule has 8 nitrogen and oxygen atoms in total. The third kappa shape index (κ3) is 2.59. The molecule has 0 spiro atoms. The Labute approximate surface area is 150 Å². The Morgan fingerprint density at radius 1 is 1.23 bits per heavy atom.